The van der Waals surface area contributed by atoms with Gasteiger partial charge in [0.1, 0.15) is 5.82 Å². The predicted molar refractivity (Wildman–Crippen MR) is 150 cm³/mol. The summed E-state index contributed by atoms with van der Waals surface area (Å²) in [6, 6.07) is 6.40. The average molecular weight is 562 g/mol. The minimum Gasteiger partial charge on any atom is -0.355 e. The quantitative estimate of drug-likeness (QED) is 0.337. The van der Waals surface area contributed by atoms with Crippen LogP contribution in [0, 0.1) is 12.7 Å². The minimum absolute atomic E-state index is 0.153. The fraction of sp³-hybridized carbons (Fsp3) is 0.542. The van der Waals surface area contributed by atoms with Gasteiger partial charge < -0.3 is 26.6 Å². The summed E-state index contributed by atoms with van der Waals surface area (Å²) in [6.45, 7) is 5.28. The van der Waals surface area contributed by atoms with Gasteiger partial charge in [-0.3, -0.25) is 24.0 Å². The smallest absolute Gasteiger partial charge is 0.239 e. The van der Waals surface area contributed by atoms with Gasteiger partial charge in [0.2, 0.25) is 29.5 Å². The normalized spacial score (nSPS) is 15.1. The molecule has 0 bridgehead atoms. The van der Waals surface area contributed by atoms with E-state index in [-0.39, 0.29) is 56.8 Å². The van der Waals surface area contributed by atoms with Crippen LogP contribution in [0.3, 0.4) is 0 Å². The lowest BCUT2D eigenvalue weighted by molar-refractivity contribution is -0.129. The molecular formula is C24H41FN5O5PS. The summed E-state index contributed by atoms with van der Waals surface area (Å²) in [6.07, 6.45) is 4.00. The van der Waals surface area contributed by atoms with Crippen molar-refractivity contribution >= 4 is 50.5 Å². The SMILES string of the molecule is CCCSC.CP.Cc1ccc(F)cc1.O=C1CCCNC(=O)CNC(=O)CNC(=O)CNC(=O)CN1. The Balaban J connectivity index is 0. The fourth-order valence-electron chi connectivity index (χ4n) is 2.27. The summed E-state index contributed by atoms with van der Waals surface area (Å²) in [5, 5.41) is 11.9. The highest BCUT2D eigenvalue weighted by Crippen LogP contribution is 1.99. The molecular weight excluding hydrogens is 520 g/mol. The predicted octanol–water partition coefficient (Wildman–Crippen LogP) is 0.746. The molecule has 1 fully saturated rings. The second-order valence-electron chi connectivity index (χ2n) is 7.35. The highest BCUT2D eigenvalue weighted by Gasteiger charge is 2.11. The molecule has 0 spiro atoms. The molecule has 5 N–H and O–H groups in total. The molecule has 0 radical (unpaired) electrons. The molecule has 1 aliphatic rings. The third-order valence-electron chi connectivity index (χ3n) is 4.11. The molecule has 2 rings (SSSR count). The van der Waals surface area contributed by atoms with E-state index in [0.717, 1.165) is 5.56 Å². The Morgan fingerprint density at radius 1 is 0.757 bits per heavy atom. The van der Waals surface area contributed by atoms with Crippen molar-refractivity contribution in [2.45, 2.75) is 33.1 Å². The average Bonchev–Trinajstić information content (AvgIpc) is 2.90. The highest BCUT2D eigenvalue weighted by atomic mass is 32.2. The molecule has 5 amide bonds. The summed E-state index contributed by atoms with van der Waals surface area (Å²) in [7, 11) is 2.42. The van der Waals surface area contributed by atoms with E-state index in [1.807, 2.05) is 25.4 Å². The van der Waals surface area contributed by atoms with Crippen molar-refractivity contribution < 1.29 is 28.4 Å². The number of benzene rings is 1. The summed E-state index contributed by atoms with van der Waals surface area (Å²) < 4.78 is 12.1. The number of hydrogen-bond donors (Lipinski definition) is 5. The molecule has 210 valence electrons. The number of thioether (sulfide) groups is 1. The van der Waals surface area contributed by atoms with E-state index in [9.17, 15) is 28.4 Å². The van der Waals surface area contributed by atoms with E-state index < -0.39 is 17.7 Å². The van der Waals surface area contributed by atoms with Gasteiger partial charge in [-0.15, -0.1) is 9.24 Å². The van der Waals surface area contributed by atoms with E-state index >= 15 is 0 Å². The first kappa shape index (κ1) is 36.4. The maximum absolute atomic E-state index is 12.1. The molecule has 1 aromatic rings. The second-order valence-corrected chi connectivity index (χ2v) is 8.33. The molecule has 1 aromatic carbocycles. The van der Waals surface area contributed by atoms with Crippen molar-refractivity contribution in [2.75, 3.05) is 51.4 Å². The van der Waals surface area contributed by atoms with Crippen LogP contribution in [0.1, 0.15) is 31.7 Å². The number of hydrogen-bond acceptors (Lipinski definition) is 6. The number of nitrogens with one attached hydrogen (secondary N) is 5. The molecule has 0 aliphatic carbocycles. The Bertz CT molecular complexity index is 752. The zero-order valence-corrected chi connectivity index (χ0v) is 24.0. The number of carbonyl (C=O) groups excluding carboxylic acids is 5. The maximum Gasteiger partial charge on any atom is 0.239 e. The third-order valence-corrected chi connectivity index (χ3v) is 4.92. The van der Waals surface area contributed by atoms with Crippen LogP contribution in [-0.2, 0) is 24.0 Å². The maximum atomic E-state index is 12.1. The van der Waals surface area contributed by atoms with Crippen molar-refractivity contribution in [3.8, 4) is 0 Å². The van der Waals surface area contributed by atoms with Crippen molar-refractivity contribution in [1.82, 2.24) is 26.6 Å². The summed E-state index contributed by atoms with van der Waals surface area (Å²) in [5.74, 6) is -1.16. The molecule has 0 saturated carbocycles. The van der Waals surface area contributed by atoms with Gasteiger partial charge in [-0.1, -0.05) is 31.3 Å². The molecule has 0 aromatic heterocycles. The Morgan fingerprint density at radius 2 is 1.16 bits per heavy atom. The highest BCUT2D eigenvalue weighted by molar-refractivity contribution is 7.98. The minimum atomic E-state index is -0.552. The Kier molecular flexibility index (Phi) is 24.6. The Hall–Kier alpha value is -2.72. The van der Waals surface area contributed by atoms with Gasteiger partial charge in [-0.2, -0.15) is 11.8 Å². The summed E-state index contributed by atoms with van der Waals surface area (Å²) in [5.41, 5.74) is 1.09. The van der Waals surface area contributed by atoms with Crippen LogP contribution in [-0.4, -0.2) is 80.9 Å². The van der Waals surface area contributed by atoms with Gasteiger partial charge in [0.15, 0.2) is 0 Å². The lowest BCUT2D eigenvalue weighted by atomic mass is 10.2. The number of rotatable bonds is 2. The monoisotopic (exact) mass is 561 g/mol. The van der Waals surface area contributed by atoms with Crippen molar-refractivity contribution in [3.05, 3.63) is 35.6 Å². The Labute approximate surface area is 225 Å². The zero-order valence-electron chi connectivity index (χ0n) is 22.1. The second kappa shape index (κ2) is 25.0. The first-order chi connectivity index (χ1) is 17.7. The van der Waals surface area contributed by atoms with E-state index in [4.69, 9.17) is 0 Å². The van der Waals surface area contributed by atoms with Gasteiger partial charge >= 0.3 is 0 Å². The molecule has 1 heterocycles. The largest absolute Gasteiger partial charge is 0.355 e. The van der Waals surface area contributed by atoms with Crippen LogP contribution in [0.2, 0.25) is 0 Å². The van der Waals surface area contributed by atoms with Crippen LogP contribution in [0.15, 0.2) is 24.3 Å². The molecule has 1 saturated heterocycles. The molecule has 1 aliphatic heterocycles. The van der Waals surface area contributed by atoms with Crippen molar-refractivity contribution in [2.24, 2.45) is 0 Å². The van der Waals surface area contributed by atoms with E-state index in [1.54, 1.807) is 12.1 Å². The van der Waals surface area contributed by atoms with Gasteiger partial charge in [0.05, 0.1) is 26.2 Å². The summed E-state index contributed by atoms with van der Waals surface area (Å²) >= 11 is 1.90. The molecule has 37 heavy (non-hydrogen) atoms. The van der Waals surface area contributed by atoms with Crippen LogP contribution >= 0.6 is 21.0 Å². The van der Waals surface area contributed by atoms with Gasteiger partial charge in [-0.05, 0) is 43.9 Å². The van der Waals surface area contributed by atoms with Crippen LogP contribution in [0.5, 0.6) is 0 Å². The lowest BCUT2D eigenvalue weighted by Gasteiger charge is -2.07. The van der Waals surface area contributed by atoms with E-state index in [2.05, 4.69) is 49.0 Å². The van der Waals surface area contributed by atoms with Crippen molar-refractivity contribution in [3.63, 3.8) is 0 Å². The lowest BCUT2D eigenvalue weighted by Crippen LogP contribution is -2.45. The van der Waals surface area contributed by atoms with Gasteiger partial charge in [-0.25, -0.2) is 4.39 Å². The summed E-state index contributed by atoms with van der Waals surface area (Å²) in [4.78, 5) is 57.0. The number of amides is 5. The topological polar surface area (TPSA) is 146 Å². The number of halogens is 1. The number of carbonyl (C=O) groups is 5. The van der Waals surface area contributed by atoms with Gasteiger partial charge in [0.25, 0.3) is 0 Å². The zero-order chi connectivity index (χ0) is 28.5. The van der Waals surface area contributed by atoms with Crippen LogP contribution in [0.4, 0.5) is 4.39 Å². The van der Waals surface area contributed by atoms with Crippen LogP contribution in [0.25, 0.3) is 0 Å². The van der Waals surface area contributed by atoms with Gasteiger partial charge in [0, 0.05) is 13.0 Å². The Morgan fingerprint density at radius 3 is 1.51 bits per heavy atom. The molecule has 13 heteroatoms. The first-order valence-electron chi connectivity index (χ1n) is 11.8. The molecule has 1 atom stereocenters. The van der Waals surface area contributed by atoms with Crippen LogP contribution < -0.4 is 26.6 Å². The third kappa shape index (κ3) is 24.7. The van der Waals surface area contributed by atoms with E-state index in [0.29, 0.717) is 6.42 Å². The first-order valence-corrected chi connectivity index (χ1v) is 14.3. The fourth-order valence-corrected chi connectivity index (χ4v) is 2.68. The van der Waals surface area contributed by atoms with E-state index in [1.165, 1.54) is 24.3 Å². The molecule has 10 nitrogen and oxygen atoms in total. The number of aryl methyl sites for hydroxylation is 1. The standard InChI is InChI=1S/C12H19N5O5.C7H7F.C4H10S.CH5P/c18-8-2-1-3-13-9(19)4-15-11(21)6-17-12(22)7-16-10(20)5-14-8;1-6-2-4-7(8)5-3-6;1-3-4-5-2;1-2/h1-7H2,(H,13,19)(H,14,18)(H,15,21)(H,16,20)(H,17,22);2-5H,1H3;3-4H2,1-2H3;2H2,1H3. The molecule has 1 unspecified atom stereocenters. The van der Waals surface area contributed by atoms with Crippen molar-refractivity contribution in [1.29, 1.82) is 0 Å².